The molecular weight excluding hydrogens is 383 g/mol. The molecule has 0 aliphatic heterocycles. The molecule has 0 saturated heterocycles. The summed E-state index contributed by atoms with van der Waals surface area (Å²) in [5.74, 6) is -5.24. The van der Waals surface area contributed by atoms with Gasteiger partial charge < -0.3 is 19.9 Å². The number of halogens is 3. The highest BCUT2D eigenvalue weighted by Crippen LogP contribution is 2.29. The van der Waals surface area contributed by atoms with Gasteiger partial charge in [0.05, 0.1) is 19.1 Å². The van der Waals surface area contributed by atoms with Crippen LogP contribution >= 0.6 is 0 Å². The second-order valence-electron chi connectivity index (χ2n) is 5.72. The first-order valence-corrected chi connectivity index (χ1v) is 8.55. The Kier molecular flexibility index (Phi) is 8.90. The molecule has 0 fully saturated rings. The van der Waals surface area contributed by atoms with Crippen LogP contribution in [0.3, 0.4) is 0 Å². The lowest BCUT2D eigenvalue weighted by Crippen LogP contribution is -2.48. The minimum atomic E-state index is -5.12. The van der Waals surface area contributed by atoms with Crippen molar-refractivity contribution in [2.24, 2.45) is 5.92 Å². The Balaban J connectivity index is 3.10. The molecule has 0 saturated carbocycles. The quantitative estimate of drug-likeness (QED) is 0.608. The zero-order valence-electron chi connectivity index (χ0n) is 15.4. The van der Waals surface area contributed by atoms with Gasteiger partial charge in [0.25, 0.3) is 5.91 Å². The van der Waals surface area contributed by atoms with Crippen LogP contribution in [-0.2, 0) is 19.1 Å². The maximum Gasteiger partial charge on any atom is 0.415 e. The highest BCUT2D eigenvalue weighted by molar-refractivity contribution is 5.96. The third-order valence-electron chi connectivity index (χ3n) is 3.71. The molecule has 1 rings (SSSR count). The summed E-state index contributed by atoms with van der Waals surface area (Å²) in [5, 5.41) is 11.8. The molecule has 3 atom stereocenters. The number of hydrogen-bond acceptors (Lipinski definition) is 6. The van der Waals surface area contributed by atoms with Gasteiger partial charge in [-0.1, -0.05) is 18.2 Å². The Morgan fingerprint density at radius 2 is 1.57 bits per heavy atom. The lowest BCUT2D eigenvalue weighted by Gasteiger charge is -2.26. The lowest BCUT2D eigenvalue weighted by molar-refractivity contribution is -0.225. The topological polar surface area (TPSA) is 102 Å². The number of nitrogens with one attached hydrogen (secondary N) is 1. The predicted molar refractivity (Wildman–Crippen MR) is 91.1 cm³/mol. The maximum absolute atomic E-state index is 13.0. The van der Waals surface area contributed by atoms with Crippen molar-refractivity contribution in [3.8, 4) is 0 Å². The summed E-state index contributed by atoms with van der Waals surface area (Å²) >= 11 is 0. The first kappa shape index (κ1) is 23.4. The summed E-state index contributed by atoms with van der Waals surface area (Å²) in [7, 11) is 0. The van der Waals surface area contributed by atoms with Gasteiger partial charge in [-0.05, 0) is 32.4 Å². The highest BCUT2D eigenvalue weighted by atomic mass is 19.4. The van der Waals surface area contributed by atoms with E-state index in [1.165, 1.54) is 26.0 Å². The van der Waals surface area contributed by atoms with Gasteiger partial charge >= 0.3 is 18.1 Å². The molecule has 1 aromatic carbocycles. The van der Waals surface area contributed by atoms with Crippen molar-refractivity contribution in [1.29, 1.82) is 0 Å². The van der Waals surface area contributed by atoms with Crippen LogP contribution in [0.5, 0.6) is 0 Å². The molecule has 0 spiro atoms. The number of hydrogen-bond donors (Lipinski definition) is 2. The number of amides is 1. The summed E-state index contributed by atoms with van der Waals surface area (Å²) < 4.78 is 48.3. The van der Waals surface area contributed by atoms with E-state index in [4.69, 9.17) is 4.74 Å². The molecule has 0 aromatic heterocycles. The van der Waals surface area contributed by atoms with Crippen molar-refractivity contribution < 1.29 is 42.1 Å². The van der Waals surface area contributed by atoms with E-state index in [0.29, 0.717) is 0 Å². The first-order chi connectivity index (χ1) is 13.1. The van der Waals surface area contributed by atoms with Gasteiger partial charge in [-0.25, -0.2) is 4.79 Å². The van der Waals surface area contributed by atoms with Gasteiger partial charge in [0.15, 0.2) is 6.10 Å². The normalized spacial score (nSPS) is 14.5. The number of carbonyl (C=O) groups is 3. The SMILES string of the molecule is CCOC(=O)[C@H](C[C@@H](C(=O)OCC)[C@H](O)C(F)(F)F)NC(=O)c1ccccc1. The van der Waals surface area contributed by atoms with Crippen LogP contribution in [0, 0.1) is 5.92 Å². The zero-order chi connectivity index (χ0) is 21.3. The summed E-state index contributed by atoms with van der Waals surface area (Å²) in [6, 6.07) is 6.04. The Morgan fingerprint density at radius 1 is 1.04 bits per heavy atom. The van der Waals surface area contributed by atoms with E-state index in [9.17, 15) is 32.7 Å². The standard InChI is InChI=1S/C18H22F3NO6/c1-3-27-16(25)12(14(23)18(19,20)21)10-13(17(26)28-4-2)22-15(24)11-8-6-5-7-9-11/h5-9,12-14,23H,3-4,10H2,1-2H3,(H,22,24)/t12-,13+,14+/m1/s1. The minimum absolute atomic E-state index is 0.0948. The molecule has 7 nitrogen and oxygen atoms in total. The summed E-state index contributed by atoms with van der Waals surface area (Å²) in [5.41, 5.74) is 0.154. The van der Waals surface area contributed by atoms with Crippen molar-refractivity contribution in [3.05, 3.63) is 35.9 Å². The smallest absolute Gasteiger partial charge is 0.415 e. The Hall–Kier alpha value is -2.62. The average Bonchev–Trinajstić information content (AvgIpc) is 2.64. The van der Waals surface area contributed by atoms with Crippen LogP contribution in [0.4, 0.5) is 13.2 Å². The van der Waals surface area contributed by atoms with Crippen LogP contribution in [0.1, 0.15) is 30.6 Å². The minimum Gasteiger partial charge on any atom is -0.466 e. The number of esters is 2. The molecule has 2 N–H and O–H groups in total. The highest BCUT2D eigenvalue weighted by Gasteiger charge is 2.48. The molecule has 0 unspecified atom stereocenters. The van der Waals surface area contributed by atoms with Crippen LogP contribution in [0.25, 0.3) is 0 Å². The van der Waals surface area contributed by atoms with Crippen molar-refractivity contribution in [1.82, 2.24) is 5.32 Å². The van der Waals surface area contributed by atoms with Crippen LogP contribution in [0.15, 0.2) is 30.3 Å². The third-order valence-corrected chi connectivity index (χ3v) is 3.71. The zero-order valence-corrected chi connectivity index (χ0v) is 15.4. The van der Waals surface area contributed by atoms with Crippen LogP contribution in [-0.4, -0.2) is 54.5 Å². The monoisotopic (exact) mass is 405 g/mol. The van der Waals surface area contributed by atoms with E-state index in [0.717, 1.165) is 0 Å². The van der Waals surface area contributed by atoms with Gasteiger partial charge in [0.2, 0.25) is 0 Å². The fourth-order valence-corrected chi connectivity index (χ4v) is 2.37. The average molecular weight is 405 g/mol. The summed E-state index contributed by atoms with van der Waals surface area (Å²) in [6.07, 6.45) is -9.05. The summed E-state index contributed by atoms with van der Waals surface area (Å²) in [6.45, 7) is 2.54. The van der Waals surface area contributed by atoms with E-state index in [1.54, 1.807) is 18.2 Å². The second-order valence-corrected chi connectivity index (χ2v) is 5.72. The van der Waals surface area contributed by atoms with Crippen LogP contribution in [0.2, 0.25) is 0 Å². The maximum atomic E-state index is 13.0. The van der Waals surface area contributed by atoms with Gasteiger partial charge in [0, 0.05) is 5.56 Å². The van der Waals surface area contributed by atoms with E-state index in [1.807, 2.05) is 0 Å². The molecule has 0 aliphatic carbocycles. The molecule has 10 heteroatoms. The molecule has 1 aromatic rings. The van der Waals surface area contributed by atoms with Crippen molar-refractivity contribution in [3.63, 3.8) is 0 Å². The fourth-order valence-electron chi connectivity index (χ4n) is 2.37. The van der Waals surface area contributed by atoms with E-state index < -0.39 is 48.5 Å². The molecule has 0 radical (unpaired) electrons. The number of carbonyl (C=O) groups excluding carboxylic acids is 3. The van der Waals surface area contributed by atoms with Gasteiger partial charge in [-0.2, -0.15) is 13.2 Å². The van der Waals surface area contributed by atoms with E-state index in [2.05, 4.69) is 10.1 Å². The molecule has 0 bridgehead atoms. The molecule has 0 heterocycles. The Morgan fingerprint density at radius 3 is 2.07 bits per heavy atom. The molecule has 1 amide bonds. The van der Waals surface area contributed by atoms with Gasteiger partial charge in [-0.3, -0.25) is 9.59 Å². The summed E-state index contributed by atoms with van der Waals surface area (Å²) in [4.78, 5) is 36.4. The van der Waals surface area contributed by atoms with Crippen LogP contribution < -0.4 is 5.32 Å². The number of alkyl halides is 3. The second kappa shape index (κ2) is 10.6. The third kappa shape index (κ3) is 6.84. The van der Waals surface area contributed by atoms with Crippen molar-refractivity contribution in [2.75, 3.05) is 13.2 Å². The molecule has 28 heavy (non-hydrogen) atoms. The molecule has 0 aliphatic rings. The molecular formula is C18H22F3NO6. The molecule has 156 valence electrons. The fraction of sp³-hybridized carbons (Fsp3) is 0.500. The van der Waals surface area contributed by atoms with Gasteiger partial charge in [0.1, 0.15) is 6.04 Å². The van der Waals surface area contributed by atoms with Crippen molar-refractivity contribution >= 4 is 17.8 Å². The predicted octanol–water partition coefficient (Wildman–Crippen LogP) is 1.84. The van der Waals surface area contributed by atoms with E-state index in [-0.39, 0.29) is 18.8 Å². The number of aliphatic hydroxyl groups excluding tert-OH is 1. The first-order valence-electron chi connectivity index (χ1n) is 8.55. The van der Waals surface area contributed by atoms with E-state index >= 15 is 0 Å². The largest absolute Gasteiger partial charge is 0.466 e. The van der Waals surface area contributed by atoms with Crippen molar-refractivity contribution in [2.45, 2.75) is 38.6 Å². The number of benzene rings is 1. The number of rotatable bonds is 9. The number of ether oxygens (including phenoxy) is 2. The Labute approximate surface area is 159 Å². The number of aliphatic hydroxyl groups is 1. The Bertz CT molecular complexity index is 665. The van der Waals surface area contributed by atoms with Gasteiger partial charge in [-0.15, -0.1) is 0 Å². The lowest BCUT2D eigenvalue weighted by atomic mass is 9.93.